The number of thioether (sulfide) groups is 1. The van der Waals surface area contributed by atoms with Crippen molar-refractivity contribution in [3.8, 4) is 0 Å². The van der Waals surface area contributed by atoms with Crippen molar-refractivity contribution < 1.29 is 4.74 Å². The lowest BCUT2D eigenvalue weighted by atomic mass is 10.2. The van der Waals surface area contributed by atoms with Crippen molar-refractivity contribution in [1.82, 2.24) is 5.01 Å². The van der Waals surface area contributed by atoms with Crippen LogP contribution >= 0.6 is 11.8 Å². The van der Waals surface area contributed by atoms with Crippen molar-refractivity contribution in [2.45, 2.75) is 4.90 Å². The molecule has 1 fully saturated rings. The summed E-state index contributed by atoms with van der Waals surface area (Å²) in [5, 5.41) is 6.48. The summed E-state index contributed by atoms with van der Waals surface area (Å²) in [7, 11) is 0. The molecule has 1 aromatic rings. The van der Waals surface area contributed by atoms with E-state index in [1.54, 1.807) is 11.8 Å². The molecule has 3 nitrogen and oxygen atoms in total. The zero-order valence-corrected chi connectivity index (χ0v) is 10.2. The largest absolute Gasteiger partial charge is 0.378 e. The lowest BCUT2D eigenvalue weighted by Crippen LogP contribution is -2.32. The average Bonchev–Trinajstić information content (AvgIpc) is 2.38. The molecule has 0 saturated carbocycles. The van der Waals surface area contributed by atoms with Gasteiger partial charge in [0.2, 0.25) is 0 Å². The van der Waals surface area contributed by atoms with Gasteiger partial charge in [0.15, 0.2) is 0 Å². The van der Waals surface area contributed by atoms with E-state index in [0.29, 0.717) is 0 Å². The van der Waals surface area contributed by atoms with Crippen molar-refractivity contribution in [1.29, 1.82) is 0 Å². The van der Waals surface area contributed by atoms with E-state index in [1.165, 1.54) is 4.90 Å². The molecule has 0 spiro atoms. The fourth-order valence-electron chi connectivity index (χ4n) is 1.51. The minimum atomic E-state index is 0.781. The fourth-order valence-corrected chi connectivity index (χ4v) is 1.92. The van der Waals surface area contributed by atoms with Gasteiger partial charge in [0.05, 0.1) is 32.5 Å². The van der Waals surface area contributed by atoms with Crippen LogP contribution in [-0.4, -0.2) is 43.8 Å². The molecule has 0 unspecified atom stereocenters. The first-order chi connectivity index (χ1) is 7.88. The molecular formula is C12H16N2OS. The van der Waals surface area contributed by atoms with Gasteiger partial charge in [-0.15, -0.1) is 11.8 Å². The molecular weight excluding hydrogens is 220 g/mol. The first kappa shape index (κ1) is 11.5. The molecule has 0 bridgehead atoms. The van der Waals surface area contributed by atoms with E-state index in [1.807, 2.05) is 11.2 Å². The summed E-state index contributed by atoms with van der Waals surface area (Å²) in [6.45, 7) is 3.34. The normalized spacial score (nSPS) is 16.9. The van der Waals surface area contributed by atoms with Crippen LogP contribution < -0.4 is 0 Å². The summed E-state index contributed by atoms with van der Waals surface area (Å²) in [6.07, 6.45) is 3.99. The maximum Gasteiger partial charge on any atom is 0.0659 e. The van der Waals surface area contributed by atoms with Crippen molar-refractivity contribution >= 4 is 18.0 Å². The zero-order chi connectivity index (χ0) is 11.2. The third-order valence-electron chi connectivity index (χ3n) is 2.47. The van der Waals surface area contributed by atoms with E-state index >= 15 is 0 Å². The lowest BCUT2D eigenvalue weighted by molar-refractivity contribution is 0.0397. The number of hydrazone groups is 1. The Hall–Kier alpha value is -1.00. The van der Waals surface area contributed by atoms with Crippen LogP contribution in [0.1, 0.15) is 5.56 Å². The van der Waals surface area contributed by atoms with Gasteiger partial charge in [-0.2, -0.15) is 5.10 Å². The van der Waals surface area contributed by atoms with Gasteiger partial charge < -0.3 is 4.74 Å². The van der Waals surface area contributed by atoms with Crippen LogP contribution in [0.4, 0.5) is 0 Å². The fraction of sp³-hybridized carbons (Fsp3) is 0.417. The summed E-state index contributed by atoms with van der Waals surface area (Å²) >= 11 is 1.75. The van der Waals surface area contributed by atoms with Gasteiger partial charge in [0.25, 0.3) is 0 Å². The second kappa shape index (κ2) is 5.92. The van der Waals surface area contributed by atoms with Crippen LogP contribution in [0, 0.1) is 0 Å². The van der Waals surface area contributed by atoms with Crippen LogP contribution in [0.15, 0.2) is 34.3 Å². The number of morpholine rings is 1. The summed E-state index contributed by atoms with van der Waals surface area (Å²) in [4.78, 5) is 1.28. The highest BCUT2D eigenvalue weighted by Gasteiger charge is 2.05. The van der Waals surface area contributed by atoms with Gasteiger partial charge in [0.1, 0.15) is 0 Å². The molecule has 0 aromatic heterocycles. The van der Waals surface area contributed by atoms with Crippen LogP contribution in [0.25, 0.3) is 0 Å². The van der Waals surface area contributed by atoms with Gasteiger partial charge in [-0.25, -0.2) is 0 Å². The Morgan fingerprint density at radius 2 is 1.94 bits per heavy atom. The average molecular weight is 236 g/mol. The predicted molar refractivity (Wildman–Crippen MR) is 68.2 cm³/mol. The number of nitrogens with zero attached hydrogens (tertiary/aromatic N) is 2. The Kier molecular flexibility index (Phi) is 4.25. The summed E-state index contributed by atoms with van der Waals surface area (Å²) in [6, 6.07) is 8.42. The van der Waals surface area contributed by atoms with E-state index in [-0.39, 0.29) is 0 Å². The molecule has 16 heavy (non-hydrogen) atoms. The van der Waals surface area contributed by atoms with E-state index in [0.717, 1.165) is 31.9 Å². The van der Waals surface area contributed by atoms with E-state index in [9.17, 15) is 0 Å². The number of benzene rings is 1. The van der Waals surface area contributed by atoms with Crippen molar-refractivity contribution in [3.63, 3.8) is 0 Å². The van der Waals surface area contributed by atoms with E-state index in [2.05, 4.69) is 35.6 Å². The highest BCUT2D eigenvalue weighted by atomic mass is 32.2. The second-order valence-corrected chi connectivity index (χ2v) is 4.46. The lowest BCUT2D eigenvalue weighted by Gasteiger charge is -2.23. The number of ether oxygens (including phenoxy) is 1. The molecule has 0 aliphatic carbocycles. The van der Waals surface area contributed by atoms with Crippen molar-refractivity contribution in [3.05, 3.63) is 29.8 Å². The van der Waals surface area contributed by atoms with Gasteiger partial charge in [-0.3, -0.25) is 5.01 Å². The Balaban J connectivity index is 1.94. The standard InChI is InChI=1S/C12H16N2OS/c1-16-12-4-2-11(3-5-12)10-13-14-6-8-15-9-7-14/h2-5,10H,6-9H2,1H3/b13-10+. The Morgan fingerprint density at radius 1 is 1.25 bits per heavy atom. The highest BCUT2D eigenvalue weighted by Crippen LogP contribution is 2.14. The molecule has 0 radical (unpaired) electrons. The molecule has 1 aliphatic heterocycles. The third kappa shape index (κ3) is 3.25. The van der Waals surface area contributed by atoms with Crippen LogP contribution in [-0.2, 0) is 4.74 Å². The maximum absolute atomic E-state index is 5.26. The smallest absolute Gasteiger partial charge is 0.0659 e. The van der Waals surface area contributed by atoms with Crippen LogP contribution in [0.2, 0.25) is 0 Å². The molecule has 2 rings (SSSR count). The second-order valence-electron chi connectivity index (χ2n) is 3.58. The molecule has 1 saturated heterocycles. The molecule has 0 amide bonds. The molecule has 0 atom stereocenters. The molecule has 86 valence electrons. The van der Waals surface area contributed by atoms with Crippen LogP contribution in [0.5, 0.6) is 0 Å². The molecule has 1 aliphatic rings. The molecule has 1 heterocycles. The Labute approximate surface area is 100 Å². The number of hydrogen-bond acceptors (Lipinski definition) is 4. The molecule has 0 N–H and O–H groups in total. The first-order valence-corrected chi connectivity index (χ1v) is 6.62. The maximum atomic E-state index is 5.26. The number of hydrogen-bond donors (Lipinski definition) is 0. The monoisotopic (exact) mass is 236 g/mol. The molecule has 1 aromatic carbocycles. The van der Waals surface area contributed by atoms with Gasteiger partial charge >= 0.3 is 0 Å². The first-order valence-electron chi connectivity index (χ1n) is 5.39. The van der Waals surface area contributed by atoms with Gasteiger partial charge in [0, 0.05) is 4.90 Å². The highest BCUT2D eigenvalue weighted by molar-refractivity contribution is 7.98. The Bertz CT molecular complexity index is 345. The predicted octanol–water partition coefficient (Wildman–Crippen LogP) is 2.07. The third-order valence-corrected chi connectivity index (χ3v) is 3.22. The van der Waals surface area contributed by atoms with E-state index in [4.69, 9.17) is 4.74 Å². The summed E-state index contributed by atoms with van der Waals surface area (Å²) < 4.78 is 5.26. The number of rotatable bonds is 3. The molecule has 4 heteroatoms. The van der Waals surface area contributed by atoms with Gasteiger partial charge in [-0.05, 0) is 24.0 Å². The SMILES string of the molecule is CSc1ccc(/C=N/N2CCOCC2)cc1. The van der Waals surface area contributed by atoms with Crippen LogP contribution in [0.3, 0.4) is 0 Å². The van der Waals surface area contributed by atoms with Gasteiger partial charge in [-0.1, -0.05) is 12.1 Å². The zero-order valence-electron chi connectivity index (χ0n) is 9.43. The Morgan fingerprint density at radius 3 is 2.56 bits per heavy atom. The van der Waals surface area contributed by atoms with E-state index < -0.39 is 0 Å². The summed E-state index contributed by atoms with van der Waals surface area (Å²) in [5.74, 6) is 0. The topological polar surface area (TPSA) is 24.8 Å². The quantitative estimate of drug-likeness (QED) is 0.593. The summed E-state index contributed by atoms with van der Waals surface area (Å²) in [5.41, 5.74) is 1.14. The van der Waals surface area contributed by atoms with Crippen molar-refractivity contribution in [2.75, 3.05) is 32.6 Å². The minimum Gasteiger partial charge on any atom is -0.378 e. The van der Waals surface area contributed by atoms with Crippen molar-refractivity contribution in [2.24, 2.45) is 5.10 Å². The minimum absolute atomic E-state index is 0.781.